The minimum atomic E-state index is -4.70. The zero-order valence-corrected chi connectivity index (χ0v) is 45.9. The molecule has 3 unspecified atom stereocenters. The first-order chi connectivity index (χ1) is 32.9. The van der Waals surface area contributed by atoms with Crippen LogP contribution in [0.1, 0.15) is 245 Å². The number of unbranched alkanes of at least 4 members (excludes halogenated alkanes) is 26. The van der Waals surface area contributed by atoms with Crippen LogP contribution in [0.4, 0.5) is 0 Å². The van der Waals surface area contributed by atoms with Crippen LogP contribution in [0.25, 0.3) is 0 Å². The first kappa shape index (κ1) is 65.7. The fraction of sp³-hybridized carbons (Fsp3) is 0.793. The van der Waals surface area contributed by atoms with E-state index >= 15 is 0 Å². The van der Waals surface area contributed by atoms with E-state index in [9.17, 15) is 19.0 Å². The van der Waals surface area contributed by atoms with Gasteiger partial charge in [0.05, 0.1) is 33.8 Å². The van der Waals surface area contributed by atoms with Crippen molar-refractivity contribution in [2.24, 2.45) is 0 Å². The highest BCUT2D eigenvalue weighted by atomic mass is 31.2. The van der Waals surface area contributed by atoms with Crippen molar-refractivity contribution >= 4 is 19.7 Å². The molecule has 1 amide bonds. The third-order valence-corrected chi connectivity index (χ3v) is 13.2. The fourth-order valence-electron chi connectivity index (χ4n) is 7.87. The van der Waals surface area contributed by atoms with Crippen LogP contribution in [-0.2, 0) is 27.9 Å². The maximum absolute atomic E-state index is 13.4. The van der Waals surface area contributed by atoms with Gasteiger partial charge >= 0.3 is 5.97 Å². The van der Waals surface area contributed by atoms with Gasteiger partial charge in [0.25, 0.3) is 7.82 Å². The minimum Gasteiger partial charge on any atom is -0.756 e. The van der Waals surface area contributed by atoms with E-state index in [1.807, 2.05) is 33.3 Å². The summed E-state index contributed by atoms with van der Waals surface area (Å²) in [5, 5.41) is 3.00. The fourth-order valence-corrected chi connectivity index (χ4v) is 8.59. The van der Waals surface area contributed by atoms with Gasteiger partial charge in [0, 0.05) is 12.8 Å². The van der Waals surface area contributed by atoms with Crippen molar-refractivity contribution in [1.29, 1.82) is 0 Å². The Morgan fingerprint density at radius 3 is 1.43 bits per heavy atom. The lowest BCUT2D eigenvalue weighted by Crippen LogP contribution is -2.47. The maximum Gasteiger partial charge on any atom is 0.306 e. The number of quaternary nitrogens is 1. The molecule has 9 nitrogen and oxygen atoms in total. The number of esters is 1. The predicted octanol–water partition coefficient (Wildman–Crippen LogP) is 16.1. The molecule has 0 aliphatic carbocycles. The van der Waals surface area contributed by atoms with Crippen molar-refractivity contribution in [3.05, 3.63) is 60.8 Å². The lowest BCUT2D eigenvalue weighted by Gasteiger charge is -2.30. The van der Waals surface area contributed by atoms with Gasteiger partial charge in [-0.05, 0) is 70.3 Å². The van der Waals surface area contributed by atoms with Crippen LogP contribution in [0.15, 0.2) is 60.8 Å². The van der Waals surface area contributed by atoms with Crippen LogP contribution < -0.4 is 10.2 Å². The summed E-state index contributed by atoms with van der Waals surface area (Å²) in [5.74, 6) is -0.575. The Morgan fingerprint density at radius 2 is 0.941 bits per heavy atom. The van der Waals surface area contributed by atoms with E-state index < -0.39 is 26.6 Å². The van der Waals surface area contributed by atoms with E-state index in [-0.39, 0.29) is 31.3 Å². The number of rotatable bonds is 50. The van der Waals surface area contributed by atoms with E-state index in [0.717, 1.165) is 83.5 Å². The number of nitrogens with zero attached hydrogens (tertiary/aromatic N) is 1. The molecule has 396 valence electrons. The van der Waals surface area contributed by atoms with Gasteiger partial charge < -0.3 is 28.5 Å². The number of likely N-dealkylation sites (N-methyl/N-ethyl adjacent to an activating group) is 1. The Labute approximate surface area is 420 Å². The van der Waals surface area contributed by atoms with Gasteiger partial charge in [-0.15, -0.1) is 0 Å². The Balaban J connectivity index is 5.38. The molecule has 1 N–H and O–H groups in total. The molecule has 0 aromatic carbocycles. The van der Waals surface area contributed by atoms with E-state index in [1.165, 1.54) is 122 Å². The molecule has 68 heavy (non-hydrogen) atoms. The van der Waals surface area contributed by atoms with Gasteiger partial charge in [0.1, 0.15) is 19.3 Å². The second-order valence-corrected chi connectivity index (χ2v) is 21.5. The van der Waals surface area contributed by atoms with Crippen LogP contribution in [-0.4, -0.2) is 69.4 Å². The van der Waals surface area contributed by atoms with Gasteiger partial charge in [-0.2, -0.15) is 0 Å². The molecular formula is C58H107N2O7P. The van der Waals surface area contributed by atoms with Gasteiger partial charge in [0.15, 0.2) is 0 Å². The number of ether oxygens (including phenoxy) is 1. The summed E-state index contributed by atoms with van der Waals surface area (Å²) in [6.45, 7) is 6.70. The molecule has 0 aromatic heterocycles. The molecule has 3 atom stereocenters. The van der Waals surface area contributed by atoms with E-state index in [2.05, 4.69) is 74.7 Å². The SMILES string of the molecule is CC/C=C/C/C=C/C/C=C/C/C=C/CCCCCC(=O)NC(COP(=O)([O-])OCC[N+](C)(C)C)C(/C=C/CCCCCCCCCCC)OC(=O)CCCCCCCCCCCCCCCCC. The van der Waals surface area contributed by atoms with Crippen LogP contribution in [0.2, 0.25) is 0 Å². The van der Waals surface area contributed by atoms with E-state index in [0.29, 0.717) is 17.4 Å². The van der Waals surface area contributed by atoms with Crippen molar-refractivity contribution in [1.82, 2.24) is 5.32 Å². The Hall–Kier alpha value is -2.29. The summed E-state index contributed by atoms with van der Waals surface area (Å²) in [4.78, 5) is 39.8. The van der Waals surface area contributed by atoms with Crippen molar-refractivity contribution in [2.45, 2.75) is 258 Å². The van der Waals surface area contributed by atoms with Gasteiger partial charge in [0.2, 0.25) is 5.91 Å². The summed E-state index contributed by atoms with van der Waals surface area (Å²) in [7, 11) is 1.16. The lowest BCUT2D eigenvalue weighted by molar-refractivity contribution is -0.870. The molecule has 0 saturated heterocycles. The lowest BCUT2D eigenvalue weighted by atomic mass is 10.0. The van der Waals surface area contributed by atoms with Crippen LogP contribution >= 0.6 is 7.82 Å². The molecular weight excluding hydrogens is 868 g/mol. The highest BCUT2D eigenvalue weighted by Gasteiger charge is 2.27. The van der Waals surface area contributed by atoms with E-state index in [1.54, 1.807) is 0 Å². The Morgan fingerprint density at radius 1 is 0.529 bits per heavy atom. The molecule has 10 heteroatoms. The van der Waals surface area contributed by atoms with Crippen molar-refractivity contribution < 1.29 is 37.3 Å². The smallest absolute Gasteiger partial charge is 0.306 e. The highest BCUT2D eigenvalue weighted by molar-refractivity contribution is 7.45. The number of amides is 1. The maximum atomic E-state index is 13.4. The van der Waals surface area contributed by atoms with Crippen LogP contribution in [0.5, 0.6) is 0 Å². The number of hydrogen-bond acceptors (Lipinski definition) is 7. The first-order valence-corrected chi connectivity index (χ1v) is 29.6. The molecule has 0 heterocycles. The third-order valence-electron chi connectivity index (χ3n) is 12.2. The monoisotopic (exact) mass is 975 g/mol. The molecule has 0 radical (unpaired) electrons. The summed E-state index contributed by atoms with van der Waals surface area (Å²) < 4.78 is 30.2. The highest BCUT2D eigenvalue weighted by Crippen LogP contribution is 2.38. The van der Waals surface area contributed by atoms with Gasteiger partial charge in [-0.25, -0.2) is 0 Å². The number of phosphoric ester groups is 1. The second-order valence-electron chi connectivity index (χ2n) is 20.1. The molecule has 0 fully saturated rings. The van der Waals surface area contributed by atoms with E-state index in [4.69, 9.17) is 13.8 Å². The minimum absolute atomic E-state index is 0.0292. The molecule has 0 aliphatic heterocycles. The van der Waals surface area contributed by atoms with Crippen molar-refractivity contribution in [2.75, 3.05) is 40.9 Å². The largest absolute Gasteiger partial charge is 0.756 e. The number of phosphoric acid groups is 1. The molecule has 0 saturated carbocycles. The molecule has 0 aromatic rings. The standard InChI is InChI=1S/C58H107N2O7P/c1-7-10-13-16-19-22-25-27-29-31-32-35-38-41-44-47-50-57(61)59-55(54-66-68(63,64)65-53-52-60(4,5)6)56(49-46-43-40-37-34-24-21-18-15-12-9-3)67-58(62)51-48-45-42-39-36-33-30-28-26-23-20-17-14-11-8-2/h10,13,19,22,27,29,32,35,46,49,55-56H,7-9,11-12,14-18,20-21,23-26,28,30-31,33-34,36-45,47-48,50-54H2,1-6H3,(H-,59,61,63,64)/b13-10+,22-19+,29-27+,35-32+,49-46+. The number of carbonyl (C=O) groups excluding carboxylic acids is 2. The molecule has 0 bridgehead atoms. The molecule has 0 aliphatic rings. The van der Waals surface area contributed by atoms with Gasteiger partial charge in [-0.3, -0.25) is 14.2 Å². The summed E-state index contributed by atoms with van der Waals surface area (Å²) in [5.41, 5.74) is 0. The van der Waals surface area contributed by atoms with Gasteiger partial charge in [-0.1, -0.05) is 223 Å². The third kappa shape index (κ3) is 48.7. The quantitative estimate of drug-likeness (QED) is 0.0212. The summed E-state index contributed by atoms with van der Waals surface area (Å²) in [6, 6.07) is -0.902. The average Bonchev–Trinajstić information content (AvgIpc) is 3.29. The number of hydrogen-bond donors (Lipinski definition) is 1. The number of nitrogens with one attached hydrogen (secondary N) is 1. The number of allylic oxidation sites excluding steroid dienone is 9. The normalized spacial score (nSPS) is 14.3. The first-order valence-electron chi connectivity index (χ1n) is 28.1. The topological polar surface area (TPSA) is 114 Å². The zero-order chi connectivity index (χ0) is 50.1. The Kier molecular flexibility index (Phi) is 46.7. The van der Waals surface area contributed by atoms with Crippen molar-refractivity contribution in [3.63, 3.8) is 0 Å². The average molecular weight is 975 g/mol. The number of carbonyl (C=O) groups is 2. The van der Waals surface area contributed by atoms with Crippen LogP contribution in [0.3, 0.4) is 0 Å². The second kappa shape index (κ2) is 48.3. The summed E-state index contributed by atoms with van der Waals surface area (Å²) in [6.07, 6.45) is 59.0. The molecule has 0 spiro atoms. The van der Waals surface area contributed by atoms with Crippen molar-refractivity contribution in [3.8, 4) is 0 Å². The van der Waals surface area contributed by atoms with Crippen LogP contribution in [0, 0.1) is 0 Å². The predicted molar refractivity (Wildman–Crippen MR) is 289 cm³/mol. The summed E-state index contributed by atoms with van der Waals surface area (Å²) >= 11 is 0. The molecule has 0 rings (SSSR count). The zero-order valence-electron chi connectivity index (χ0n) is 45.1. The Bertz CT molecular complexity index is 1350.